The summed E-state index contributed by atoms with van der Waals surface area (Å²) < 4.78 is 2.45. The summed E-state index contributed by atoms with van der Waals surface area (Å²) in [7, 11) is 0. The van der Waals surface area contributed by atoms with E-state index < -0.39 is 0 Å². The molecule has 0 amide bonds. The molecule has 0 saturated heterocycles. The fourth-order valence-electron chi connectivity index (χ4n) is 7.94. The van der Waals surface area contributed by atoms with Crippen LogP contribution in [0.5, 0.6) is 0 Å². The molecule has 0 N–H and O–H groups in total. The molecule has 0 atom stereocenters. The Morgan fingerprint density at radius 3 is 1.98 bits per heavy atom. The topological polar surface area (TPSA) is 8.17 Å². The van der Waals surface area contributed by atoms with Gasteiger partial charge in [0.2, 0.25) is 0 Å². The van der Waals surface area contributed by atoms with Crippen LogP contribution >= 0.6 is 0 Å². The van der Waals surface area contributed by atoms with Crippen LogP contribution in [0.15, 0.2) is 158 Å². The Morgan fingerprint density at radius 2 is 1.22 bits per heavy atom. The second-order valence-corrected chi connectivity index (χ2v) is 13.7. The first-order valence-corrected chi connectivity index (χ1v) is 17.5. The summed E-state index contributed by atoms with van der Waals surface area (Å²) >= 11 is 0. The van der Waals surface area contributed by atoms with Gasteiger partial charge in [-0.2, -0.15) is 0 Å². The Kier molecular flexibility index (Phi) is 7.80. The van der Waals surface area contributed by atoms with E-state index in [4.69, 9.17) is 0 Å². The summed E-state index contributed by atoms with van der Waals surface area (Å²) in [6.07, 6.45) is 6.46. The molecule has 1 aliphatic rings. The Morgan fingerprint density at radius 1 is 0.612 bits per heavy atom. The molecule has 0 fully saturated rings. The minimum absolute atomic E-state index is 0.0876. The number of allylic oxidation sites excluding steroid dienone is 2. The van der Waals surface area contributed by atoms with E-state index in [9.17, 15) is 0 Å². The molecular formula is C47H42N2. The highest BCUT2D eigenvalue weighted by atomic mass is 15.1. The molecule has 1 heterocycles. The minimum atomic E-state index is -0.0876. The molecule has 1 aromatic heterocycles. The van der Waals surface area contributed by atoms with E-state index in [2.05, 4.69) is 195 Å². The molecule has 0 unspecified atom stereocenters. The van der Waals surface area contributed by atoms with Crippen LogP contribution in [-0.4, -0.2) is 4.57 Å². The number of fused-ring (bicyclic) bond motifs is 4. The van der Waals surface area contributed by atoms with Gasteiger partial charge in [0.1, 0.15) is 0 Å². The Bertz CT molecular complexity index is 2310. The number of anilines is 3. The lowest BCUT2D eigenvalue weighted by atomic mass is 9.82. The van der Waals surface area contributed by atoms with Crippen LogP contribution in [0.2, 0.25) is 0 Å². The Labute approximate surface area is 290 Å². The number of aromatic nitrogens is 1. The largest absolute Gasteiger partial charge is 0.314 e. The van der Waals surface area contributed by atoms with E-state index in [0.29, 0.717) is 0 Å². The van der Waals surface area contributed by atoms with E-state index in [0.717, 1.165) is 29.9 Å². The molecule has 1 aliphatic carbocycles. The lowest BCUT2D eigenvalue weighted by molar-refractivity contribution is 0.660. The highest BCUT2D eigenvalue weighted by molar-refractivity contribution is 5.93. The molecule has 0 aliphatic heterocycles. The molecule has 7 aromatic rings. The maximum atomic E-state index is 2.45. The lowest BCUT2D eigenvalue weighted by Crippen LogP contribution is -2.16. The molecule has 2 heteroatoms. The number of rotatable bonds is 8. The predicted octanol–water partition coefficient (Wildman–Crippen LogP) is 12.9. The van der Waals surface area contributed by atoms with Crippen molar-refractivity contribution in [2.24, 2.45) is 0 Å². The van der Waals surface area contributed by atoms with Gasteiger partial charge in [-0.3, -0.25) is 0 Å². The third-order valence-corrected chi connectivity index (χ3v) is 10.4. The monoisotopic (exact) mass is 634 g/mol. The second kappa shape index (κ2) is 12.5. The standard InChI is InChI=1S/C47H42N2/c1-5-6-9-20-40-33(2)48(36-18-12-8-13-19-36)46-32-39(28-30-43(40)46)49(37-25-23-35(24-26-37)34-16-10-7-11-17-34)38-27-29-42-41-21-14-15-22-44(41)47(3,4)45(42)31-38/h5-8,10-19,21-32H,9,20H2,1-4H3/b6-5-. The van der Waals surface area contributed by atoms with E-state index in [1.54, 1.807) is 0 Å². The van der Waals surface area contributed by atoms with Crippen LogP contribution in [0.25, 0.3) is 38.8 Å². The van der Waals surface area contributed by atoms with Gasteiger partial charge in [-0.25, -0.2) is 0 Å². The molecule has 0 spiro atoms. The lowest BCUT2D eigenvalue weighted by Gasteiger charge is -2.28. The maximum Gasteiger partial charge on any atom is 0.0555 e. The van der Waals surface area contributed by atoms with Gasteiger partial charge < -0.3 is 9.47 Å². The van der Waals surface area contributed by atoms with Gasteiger partial charge >= 0.3 is 0 Å². The zero-order valence-electron chi connectivity index (χ0n) is 28.8. The van der Waals surface area contributed by atoms with E-state index in [1.807, 2.05) is 0 Å². The highest BCUT2D eigenvalue weighted by Crippen LogP contribution is 2.51. The SMILES string of the molecule is C/C=C\CCc1c(C)n(-c2ccccc2)c2cc(N(c3ccc(-c4ccccc4)cc3)c3ccc4c(c3)C(C)(C)c3ccccc3-4)ccc12. The molecule has 0 radical (unpaired) electrons. The molecule has 6 aromatic carbocycles. The second-order valence-electron chi connectivity index (χ2n) is 13.7. The Hall–Kier alpha value is -5.60. The molecule has 240 valence electrons. The average Bonchev–Trinajstić information content (AvgIpc) is 3.55. The van der Waals surface area contributed by atoms with Crippen molar-refractivity contribution in [2.75, 3.05) is 4.90 Å². The first-order chi connectivity index (χ1) is 24.0. The molecule has 2 nitrogen and oxygen atoms in total. The summed E-state index contributed by atoms with van der Waals surface area (Å²) in [5, 5.41) is 1.32. The van der Waals surface area contributed by atoms with Crippen molar-refractivity contribution in [3.63, 3.8) is 0 Å². The van der Waals surface area contributed by atoms with Gasteiger partial charge in [-0.15, -0.1) is 0 Å². The van der Waals surface area contributed by atoms with Gasteiger partial charge in [0.05, 0.1) is 5.52 Å². The van der Waals surface area contributed by atoms with E-state index in [1.165, 1.54) is 61.2 Å². The average molecular weight is 635 g/mol. The smallest absolute Gasteiger partial charge is 0.0555 e. The summed E-state index contributed by atoms with van der Waals surface area (Å²) in [4.78, 5) is 2.44. The number of hydrogen-bond donors (Lipinski definition) is 0. The van der Waals surface area contributed by atoms with Crippen LogP contribution < -0.4 is 4.90 Å². The van der Waals surface area contributed by atoms with Gasteiger partial charge in [-0.05, 0) is 114 Å². The van der Waals surface area contributed by atoms with E-state index >= 15 is 0 Å². The van der Waals surface area contributed by atoms with E-state index in [-0.39, 0.29) is 5.41 Å². The number of benzene rings is 6. The zero-order chi connectivity index (χ0) is 33.5. The summed E-state index contributed by atoms with van der Waals surface area (Å²) in [5.41, 5.74) is 16.4. The number of hydrogen-bond acceptors (Lipinski definition) is 1. The van der Waals surface area contributed by atoms with Crippen LogP contribution in [0.1, 0.15) is 49.6 Å². The quantitative estimate of drug-likeness (QED) is 0.151. The van der Waals surface area contributed by atoms with Crippen molar-refractivity contribution in [2.45, 2.75) is 46.0 Å². The summed E-state index contributed by atoms with van der Waals surface area (Å²) in [6, 6.07) is 53.5. The van der Waals surface area contributed by atoms with Crippen molar-refractivity contribution in [3.05, 3.63) is 180 Å². The van der Waals surface area contributed by atoms with Gasteiger partial charge in [0.25, 0.3) is 0 Å². The van der Waals surface area contributed by atoms with Crippen molar-refractivity contribution >= 4 is 28.0 Å². The molecular weight excluding hydrogens is 593 g/mol. The van der Waals surface area contributed by atoms with Gasteiger partial charge in [0.15, 0.2) is 0 Å². The normalized spacial score (nSPS) is 13.1. The third kappa shape index (κ3) is 5.29. The number of nitrogens with zero attached hydrogens (tertiary/aromatic N) is 2. The minimum Gasteiger partial charge on any atom is -0.314 e. The fourth-order valence-corrected chi connectivity index (χ4v) is 7.94. The van der Waals surface area contributed by atoms with Crippen molar-refractivity contribution in [3.8, 4) is 27.9 Å². The van der Waals surface area contributed by atoms with Gasteiger partial charge in [-0.1, -0.05) is 123 Å². The molecule has 0 bridgehead atoms. The molecule has 8 rings (SSSR count). The molecule has 0 saturated carbocycles. The Balaban J connectivity index is 1.32. The first-order valence-electron chi connectivity index (χ1n) is 17.5. The van der Waals surface area contributed by atoms with Crippen molar-refractivity contribution in [1.82, 2.24) is 4.57 Å². The molecule has 49 heavy (non-hydrogen) atoms. The van der Waals surface area contributed by atoms with Crippen LogP contribution in [0.4, 0.5) is 17.1 Å². The highest BCUT2D eigenvalue weighted by Gasteiger charge is 2.35. The van der Waals surface area contributed by atoms with Crippen LogP contribution in [-0.2, 0) is 11.8 Å². The van der Waals surface area contributed by atoms with Gasteiger partial charge in [0, 0.05) is 39.2 Å². The van der Waals surface area contributed by atoms with Crippen LogP contribution in [0, 0.1) is 6.92 Å². The fraction of sp³-hybridized carbons (Fsp3) is 0.149. The van der Waals surface area contributed by atoms with Crippen molar-refractivity contribution < 1.29 is 0 Å². The third-order valence-electron chi connectivity index (χ3n) is 10.4. The number of para-hydroxylation sites is 1. The summed E-state index contributed by atoms with van der Waals surface area (Å²) in [5.74, 6) is 0. The first kappa shape index (κ1) is 30.7. The summed E-state index contributed by atoms with van der Waals surface area (Å²) in [6.45, 7) is 9.10. The van der Waals surface area contributed by atoms with Crippen LogP contribution in [0.3, 0.4) is 0 Å². The van der Waals surface area contributed by atoms with Crippen molar-refractivity contribution in [1.29, 1.82) is 0 Å². The maximum absolute atomic E-state index is 2.45. The zero-order valence-corrected chi connectivity index (χ0v) is 28.8. The predicted molar refractivity (Wildman–Crippen MR) is 209 cm³/mol. The number of aryl methyl sites for hydroxylation is 1.